The predicted octanol–water partition coefficient (Wildman–Crippen LogP) is 5.08. The Morgan fingerprint density at radius 1 is 0.519 bits per heavy atom. The molecular formula is C10H6F16O. The third-order valence-electron chi connectivity index (χ3n) is 3.16. The molecule has 0 amide bonds. The van der Waals surface area contributed by atoms with Crippen molar-refractivity contribution in [2.24, 2.45) is 0 Å². The fourth-order valence-electron chi connectivity index (χ4n) is 1.46. The number of aliphatic hydroxyl groups is 1. The highest BCUT2D eigenvalue weighted by Crippen LogP contribution is 2.62. The van der Waals surface area contributed by atoms with E-state index in [9.17, 15) is 70.2 Å². The van der Waals surface area contributed by atoms with E-state index in [2.05, 4.69) is 0 Å². The molecule has 0 rings (SSSR count). The molecule has 0 radical (unpaired) electrons. The molecule has 0 aliphatic rings. The van der Waals surface area contributed by atoms with Crippen molar-refractivity contribution in [3.8, 4) is 0 Å². The van der Waals surface area contributed by atoms with Crippen LogP contribution >= 0.6 is 0 Å². The summed E-state index contributed by atoms with van der Waals surface area (Å²) < 4.78 is 204. The van der Waals surface area contributed by atoms with Gasteiger partial charge in [0.25, 0.3) is 0 Å². The number of hydrogen-bond acceptors (Lipinski definition) is 1. The van der Waals surface area contributed by atoms with E-state index in [-0.39, 0.29) is 0 Å². The van der Waals surface area contributed by atoms with Gasteiger partial charge in [-0.15, -0.1) is 0 Å². The first-order valence-electron chi connectivity index (χ1n) is 6.04. The van der Waals surface area contributed by atoms with Gasteiger partial charge in [0.05, 0.1) is 0 Å². The molecule has 0 bridgehead atoms. The topological polar surface area (TPSA) is 20.2 Å². The molecule has 27 heavy (non-hydrogen) atoms. The molecule has 0 aliphatic heterocycles. The van der Waals surface area contributed by atoms with Crippen molar-refractivity contribution in [1.82, 2.24) is 0 Å². The highest BCUT2D eigenvalue weighted by molar-refractivity contribution is 5.14. The number of alkyl halides is 16. The van der Waals surface area contributed by atoms with E-state index in [1.807, 2.05) is 0 Å². The molecule has 1 N–H and O–H groups in total. The van der Waals surface area contributed by atoms with Crippen LogP contribution in [0.25, 0.3) is 0 Å². The summed E-state index contributed by atoms with van der Waals surface area (Å²) >= 11 is 0. The summed E-state index contributed by atoms with van der Waals surface area (Å²) in [7, 11) is 0. The summed E-state index contributed by atoms with van der Waals surface area (Å²) in [5, 5.41) is 7.99. The van der Waals surface area contributed by atoms with Gasteiger partial charge >= 0.3 is 47.9 Å². The Morgan fingerprint density at radius 3 is 1.11 bits per heavy atom. The molecule has 0 aliphatic carbocycles. The van der Waals surface area contributed by atoms with E-state index in [1.54, 1.807) is 0 Å². The molecule has 17 heteroatoms. The van der Waals surface area contributed by atoms with Gasteiger partial charge < -0.3 is 5.11 Å². The average molecular weight is 446 g/mol. The molecule has 0 unspecified atom stereocenters. The maximum atomic E-state index is 13.1. The standard InChI is InChI=1S/C10H6F16O/c11-3(12)5(15,16)7(19,20)9(23,24)10(25,26)8(21,22)6(17,18)4(13,14)1-2-27/h3,27H,1-2H2. The first-order valence-corrected chi connectivity index (χ1v) is 6.04. The molecule has 1 nitrogen and oxygen atoms in total. The zero-order valence-corrected chi connectivity index (χ0v) is 12.0. The Bertz CT molecular complexity index is 523. The van der Waals surface area contributed by atoms with E-state index in [0.717, 1.165) is 0 Å². The molecule has 0 saturated heterocycles. The average Bonchev–Trinajstić information content (AvgIpc) is 2.45. The molecule has 0 aromatic carbocycles. The van der Waals surface area contributed by atoms with Gasteiger partial charge in [-0.25, -0.2) is 8.78 Å². The van der Waals surface area contributed by atoms with Crippen molar-refractivity contribution in [2.75, 3.05) is 6.61 Å². The van der Waals surface area contributed by atoms with Crippen LogP contribution in [0.15, 0.2) is 0 Å². The molecule has 0 aromatic rings. The Labute approximate surface area is 137 Å². The van der Waals surface area contributed by atoms with Crippen LogP contribution < -0.4 is 0 Å². The smallest absolute Gasteiger partial charge is 0.384 e. The minimum atomic E-state index is -8.38. The van der Waals surface area contributed by atoms with E-state index in [0.29, 0.717) is 0 Å². The highest BCUT2D eigenvalue weighted by Gasteiger charge is 2.93. The second kappa shape index (κ2) is 6.72. The number of aliphatic hydroxyl groups excluding tert-OH is 1. The van der Waals surface area contributed by atoms with Crippen LogP contribution in [0.3, 0.4) is 0 Å². The van der Waals surface area contributed by atoms with Gasteiger partial charge in [-0.1, -0.05) is 0 Å². The van der Waals surface area contributed by atoms with Gasteiger partial charge in [-0.2, -0.15) is 61.5 Å². The maximum Gasteiger partial charge on any atom is 0.384 e. The van der Waals surface area contributed by atoms with Crippen LogP contribution in [-0.2, 0) is 0 Å². The summed E-state index contributed by atoms with van der Waals surface area (Å²) in [6.45, 7) is -2.11. The lowest BCUT2D eigenvalue weighted by Crippen LogP contribution is -2.73. The molecule has 0 heterocycles. The lowest BCUT2D eigenvalue weighted by molar-refractivity contribution is -0.447. The number of hydrogen-bond donors (Lipinski definition) is 1. The zero-order valence-electron chi connectivity index (χ0n) is 12.0. The summed E-state index contributed by atoms with van der Waals surface area (Å²) in [5.41, 5.74) is 0. The summed E-state index contributed by atoms with van der Waals surface area (Å²) in [4.78, 5) is 0. The van der Waals surface area contributed by atoms with Gasteiger partial charge in [-0.05, 0) is 0 Å². The fraction of sp³-hybridized carbons (Fsp3) is 1.00. The minimum Gasteiger partial charge on any atom is -0.396 e. The summed E-state index contributed by atoms with van der Waals surface area (Å²) in [5.74, 6) is -54.5. The molecule has 0 aromatic heterocycles. The third-order valence-corrected chi connectivity index (χ3v) is 3.16. The van der Waals surface area contributed by atoms with Crippen molar-refractivity contribution >= 4 is 0 Å². The Balaban J connectivity index is 6.53. The van der Waals surface area contributed by atoms with Gasteiger partial charge in [0.15, 0.2) is 0 Å². The zero-order chi connectivity index (χ0) is 22.5. The monoisotopic (exact) mass is 446 g/mol. The van der Waals surface area contributed by atoms with E-state index in [4.69, 9.17) is 5.11 Å². The second-order valence-electron chi connectivity index (χ2n) is 4.97. The maximum absolute atomic E-state index is 13.1. The normalized spacial score (nSPS) is 16.2. The van der Waals surface area contributed by atoms with Crippen LogP contribution in [-0.4, -0.2) is 59.6 Å². The van der Waals surface area contributed by atoms with Crippen molar-refractivity contribution in [3.05, 3.63) is 0 Å². The van der Waals surface area contributed by atoms with Crippen LogP contribution in [0.4, 0.5) is 70.2 Å². The first kappa shape index (κ1) is 25.8. The number of rotatable bonds is 9. The van der Waals surface area contributed by atoms with Crippen molar-refractivity contribution in [3.63, 3.8) is 0 Å². The van der Waals surface area contributed by atoms with Crippen LogP contribution in [0.5, 0.6) is 0 Å². The molecule has 164 valence electrons. The van der Waals surface area contributed by atoms with Gasteiger partial charge in [0.2, 0.25) is 0 Å². The molecule has 0 saturated carbocycles. The Morgan fingerprint density at radius 2 is 0.815 bits per heavy atom. The first-order chi connectivity index (χ1) is 11.5. The molecular weight excluding hydrogens is 440 g/mol. The molecule has 0 atom stereocenters. The van der Waals surface area contributed by atoms with Gasteiger partial charge in [0.1, 0.15) is 0 Å². The number of halogens is 16. The molecule has 0 fully saturated rings. The Kier molecular flexibility index (Phi) is 6.43. The van der Waals surface area contributed by atoms with Crippen LogP contribution in [0, 0.1) is 0 Å². The third kappa shape index (κ3) is 3.28. The van der Waals surface area contributed by atoms with Crippen LogP contribution in [0.2, 0.25) is 0 Å². The van der Waals surface area contributed by atoms with Gasteiger partial charge in [0, 0.05) is 13.0 Å². The van der Waals surface area contributed by atoms with Crippen molar-refractivity contribution in [1.29, 1.82) is 0 Å². The lowest BCUT2D eigenvalue weighted by atomic mass is 9.88. The predicted molar refractivity (Wildman–Crippen MR) is 52.3 cm³/mol. The van der Waals surface area contributed by atoms with E-state index in [1.165, 1.54) is 0 Å². The van der Waals surface area contributed by atoms with E-state index < -0.39 is 60.9 Å². The minimum absolute atomic E-state index is 2.11. The molecule has 0 spiro atoms. The Hall–Kier alpha value is -1.16. The quantitative estimate of drug-likeness (QED) is 0.490. The van der Waals surface area contributed by atoms with E-state index >= 15 is 0 Å². The summed E-state index contributed by atoms with van der Waals surface area (Å²) in [6, 6.07) is 0. The van der Waals surface area contributed by atoms with Crippen molar-refractivity contribution in [2.45, 2.75) is 54.3 Å². The van der Waals surface area contributed by atoms with Crippen LogP contribution in [0.1, 0.15) is 6.42 Å². The van der Waals surface area contributed by atoms with Crippen molar-refractivity contribution < 1.29 is 75.4 Å². The second-order valence-corrected chi connectivity index (χ2v) is 4.97. The lowest BCUT2D eigenvalue weighted by Gasteiger charge is -2.42. The summed E-state index contributed by atoms with van der Waals surface area (Å²) in [6.07, 6.45) is -8.62. The fourth-order valence-corrected chi connectivity index (χ4v) is 1.46. The highest BCUT2D eigenvalue weighted by atomic mass is 19.4. The largest absolute Gasteiger partial charge is 0.396 e. The van der Waals surface area contributed by atoms with Gasteiger partial charge in [-0.3, -0.25) is 0 Å². The SMILES string of the molecule is OCCC(F)(F)C(F)(F)C(F)(F)C(F)(F)C(F)(F)C(F)(F)C(F)(F)C(F)F.